The third-order valence-electron chi connectivity index (χ3n) is 2.89. The number of hydrogen-bond donors (Lipinski definition) is 1. The summed E-state index contributed by atoms with van der Waals surface area (Å²) < 4.78 is 7.37. The van der Waals surface area contributed by atoms with Gasteiger partial charge in [-0.15, -0.1) is 0 Å². The fourth-order valence-corrected chi connectivity index (χ4v) is 2.02. The second kappa shape index (κ2) is 5.97. The van der Waals surface area contributed by atoms with Crippen molar-refractivity contribution >= 4 is 17.5 Å². The van der Waals surface area contributed by atoms with E-state index in [1.54, 1.807) is 13.3 Å². The molecule has 0 saturated heterocycles. The molecule has 0 spiro atoms. The fraction of sp³-hybridized carbons (Fsp3) is 0.357. The van der Waals surface area contributed by atoms with E-state index in [1.165, 1.54) is 0 Å². The van der Waals surface area contributed by atoms with E-state index in [1.807, 2.05) is 29.8 Å². The molecule has 0 amide bonds. The second-order valence-corrected chi connectivity index (χ2v) is 4.73. The molecule has 2 rings (SSSR count). The van der Waals surface area contributed by atoms with Crippen molar-refractivity contribution in [3.05, 3.63) is 35.1 Å². The van der Waals surface area contributed by atoms with E-state index in [-0.39, 0.29) is 0 Å². The highest BCUT2D eigenvalue weighted by atomic mass is 35.5. The van der Waals surface area contributed by atoms with E-state index < -0.39 is 0 Å². The van der Waals surface area contributed by atoms with Crippen molar-refractivity contribution in [2.24, 2.45) is 0 Å². The number of ether oxygens (including phenoxy) is 1. The SMILES string of the molecule is CCCNc1nccn1-c1cc(C)c(Cl)cc1OC. The van der Waals surface area contributed by atoms with Crippen molar-refractivity contribution in [3.63, 3.8) is 0 Å². The second-order valence-electron chi connectivity index (χ2n) is 4.32. The molecule has 5 heteroatoms. The Morgan fingerprint density at radius 2 is 2.21 bits per heavy atom. The predicted octanol–water partition coefficient (Wildman–Crippen LogP) is 3.66. The molecule has 19 heavy (non-hydrogen) atoms. The van der Waals surface area contributed by atoms with Crippen molar-refractivity contribution in [2.45, 2.75) is 20.3 Å². The average Bonchev–Trinajstić information content (AvgIpc) is 2.87. The molecular weight excluding hydrogens is 262 g/mol. The molecule has 0 fully saturated rings. The van der Waals surface area contributed by atoms with Crippen molar-refractivity contribution in [2.75, 3.05) is 19.0 Å². The first-order valence-corrected chi connectivity index (χ1v) is 6.67. The van der Waals surface area contributed by atoms with Crippen LogP contribution in [0.4, 0.5) is 5.95 Å². The number of hydrogen-bond acceptors (Lipinski definition) is 3. The van der Waals surface area contributed by atoms with Crippen LogP contribution in [0.15, 0.2) is 24.5 Å². The maximum Gasteiger partial charge on any atom is 0.207 e. The average molecular weight is 280 g/mol. The molecule has 0 atom stereocenters. The first-order valence-electron chi connectivity index (χ1n) is 6.29. The minimum atomic E-state index is 0.698. The van der Waals surface area contributed by atoms with Crippen LogP contribution in [0.25, 0.3) is 5.69 Å². The lowest BCUT2D eigenvalue weighted by Gasteiger charge is -2.14. The number of nitrogens with zero attached hydrogens (tertiary/aromatic N) is 2. The molecule has 2 aromatic rings. The van der Waals surface area contributed by atoms with Gasteiger partial charge in [-0.05, 0) is 25.0 Å². The Morgan fingerprint density at radius 3 is 2.89 bits per heavy atom. The van der Waals surface area contributed by atoms with E-state index in [9.17, 15) is 0 Å². The summed E-state index contributed by atoms with van der Waals surface area (Å²) in [5, 5.41) is 3.99. The molecule has 102 valence electrons. The van der Waals surface area contributed by atoms with Crippen LogP contribution >= 0.6 is 11.6 Å². The maximum atomic E-state index is 6.13. The Balaban J connectivity index is 2.46. The highest BCUT2D eigenvalue weighted by Crippen LogP contribution is 2.31. The Labute approximate surface area is 118 Å². The Bertz CT molecular complexity index is 566. The van der Waals surface area contributed by atoms with Gasteiger partial charge in [-0.3, -0.25) is 4.57 Å². The lowest BCUT2D eigenvalue weighted by atomic mass is 10.2. The summed E-state index contributed by atoms with van der Waals surface area (Å²) in [6.07, 6.45) is 4.72. The zero-order valence-corrected chi connectivity index (χ0v) is 12.2. The summed E-state index contributed by atoms with van der Waals surface area (Å²) in [5.41, 5.74) is 1.94. The zero-order chi connectivity index (χ0) is 13.8. The first kappa shape index (κ1) is 13.7. The number of nitrogens with one attached hydrogen (secondary N) is 1. The predicted molar refractivity (Wildman–Crippen MR) is 78.6 cm³/mol. The van der Waals surface area contributed by atoms with Gasteiger partial charge in [-0.1, -0.05) is 18.5 Å². The lowest BCUT2D eigenvalue weighted by molar-refractivity contribution is 0.413. The molecule has 0 saturated carbocycles. The van der Waals surface area contributed by atoms with Crippen molar-refractivity contribution in [1.82, 2.24) is 9.55 Å². The summed E-state index contributed by atoms with van der Waals surface area (Å²) in [6, 6.07) is 3.83. The van der Waals surface area contributed by atoms with Crippen LogP contribution < -0.4 is 10.1 Å². The number of benzene rings is 1. The normalized spacial score (nSPS) is 10.5. The van der Waals surface area contributed by atoms with E-state index >= 15 is 0 Å². The smallest absolute Gasteiger partial charge is 0.207 e. The number of anilines is 1. The van der Waals surface area contributed by atoms with Crippen LogP contribution in [0.5, 0.6) is 5.75 Å². The van der Waals surface area contributed by atoms with Gasteiger partial charge >= 0.3 is 0 Å². The molecule has 1 heterocycles. The standard InChI is InChI=1S/C14H18ClN3O/c1-4-5-16-14-17-6-7-18(14)12-8-10(2)11(15)9-13(12)19-3/h6-9H,4-5H2,1-3H3,(H,16,17). The van der Waals surface area contributed by atoms with E-state index in [0.717, 1.165) is 35.9 Å². The molecule has 0 bridgehead atoms. The van der Waals surface area contributed by atoms with Gasteiger partial charge in [0.05, 0.1) is 12.8 Å². The minimum Gasteiger partial charge on any atom is -0.495 e. The van der Waals surface area contributed by atoms with Crippen LogP contribution in [0.3, 0.4) is 0 Å². The molecule has 0 unspecified atom stereocenters. The van der Waals surface area contributed by atoms with Crippen LogP contribution in [0, 0.1) is 6.92 Å². The highest BCUT2D eigenvalue weighted by molar-refractivity contribution is 6.31. The molecule has 0 aliphatic carbocycles. The van der Waals surface area contributed by atoms with Crippen LogP contribution in [-0.4, -0.2) is 23.2 Å². The van der Waals surface area contributed by atoms with Crippen LogP contribution in [0.2, 0.25) is 5.02 Å². The van der Waals surface area contributed by atoms with Crippen molar-refractivity contribution in [3.8, 4) is 11.4 Å². The molecule has 0 aliphatic rings. The number of aryl methyl sites for hydroxylation is 1. The highest BCUT2D eigenvalue weighted by Gasteiger charge is 2.12. The summed E-state index contributed by atoms with van der Waals surface area (Å²) in [7, 11) is 1.64. The van der Waals surface area contributed by atoms with Gasteiger partial charge in [-0.2, -0.15) is 0 Å². The third-order valence-corrected chi connectivity index (χ3v) is 3.30. The van der Waals surface area contributed by atoms with Crippen LogP contribution in [-0.2, 0) is 0 Å². The van der Waals surface area contributed by atoms with E-state index in [0.29, 0.717) is 5.02 Å². The van der Waals surface area contributed by atoms with Gasteiger partial charge < -0.3 is 10.1 Å². The molecule has 1 N–H and O–H groups in total. The minimum absolute atomic E-state index is 0.698. The van der Waals surface area contributed by atoms with E-state index in [4.69, 9.17) is 16.3 Å². The number of imidazole rings is 1. The Hall–Kier alpha value is -1.68. The molecule has 1 aromatic carbocycles. The fourth-order valence-electron chi connectivity index (χ4n) is 1.87. The van der Waals surface area contributed by atoms with E-state index in [2.05, 4.69) is 17.2 Å². The van der Waals surface area contributed by atoms with Crippen LogP contribution in [0.1, 0.15) is 18.9 Å². The quantitative estimate of drug-likeness (QED) is 0.908. The summed E-state index contributed by atoms with van der Waals surface area (Å²) in [5.74, 6) is 1.54. The number of aromatic nitrogens is 2. The molecule has 0 aliphatic heterocycles. The van der Waals surface area contributed by atoms with Gasteiger partial charge in [0, 0.05) is 30.0 Å². The molecule has 1 aromatic heterocycles. The molecular formula is C14H18ClN3O. The maximum absolute atomic E-state index is 6.13. The van der Waals surface area contributed by atoms with Gasteiger partial charge in [0.2, 0.25) is 5.95 Å². The first-order chi connectivity index (χ1) is 9.17. The Kier molecular flexibility index (Phi) is 4.32. The van der Waals surface area contributed by atoms with Crippen molar-refractivity contribution in [1.29, 1.82) is 0 Å². The van der Waals surface area contributed by atoms with Gasteiger partial charge in [-0.25, -0.2) is 4.98 Å². The van der Waals surface area contributed by atoms with Gasteiger partial charge in [0.1, 0.15) is 5.75 Å². The largest absolute Gasteiger partial charge is 0.495 e. The van der Waals surface area contributed by atoms with Gasteiger partial charge in [0.25, 0.3) is 0 Å². The third kappa shape index (κ3) is 2.84. The zero-order valence-electron chi connectivity index (χ0n) is 11.4. The monoisotopic (exact) mass is 279 g/mol. The molecule has 0 radical (unpaired) electrons. The lowest BCUT2D eigenvalue weighted by Crippen LogP contribution is -2.07. The summed E-state index contributed by atoms with van der Waals surface area (Å²) in [6.45, 7) is 4.97. The number of halogens is 1. The Morgan fingerprint density at radius 1 is 1.42 bits per heavy atom. The summed E-state index contributed by atoms with van der Waals surface area (Å²) >= 11 is 6.13. The summed E-state index contributed by atoms with van der Waals surface area (Å²) in [4.78, 5) is 4.32. The van der Waals surface area contributed by atoms with Gasteiger partial charge in [0.15, 0.2) is 0 Å². The number of methoxy groups -OCH3 is 1. The van der Waals surface area contributed by atoms with Crippen molar-refractivity contribution < 1.29 is 4.74 Å². The number of rotatable bonds is 5. The molecule has 4 nitrogen and oxygen atoms in total. The topological polar surface area (TPSA) is 39.1 Å².